The first-order valence-corrected chi connectivity index (χ1v) is 5.93. The highest BCUT2D eigenvalue weighted by Gasteiger charge is 1.98. The molecule has 0 saturated carbocycles. The van der Waals surface area contributed by atoms with E-state index in [9.17, 15) is 0 Å². The third kappa shape index (κ3) is 6.55. The van der Waals surface area contributed by atoms with Gasteiger partial charge in [0.05, 0.1) is 0 Å². The van der Waals surface area contributed by atoms with Gasteiger partial charge in [-0.25, -0.2) is 0 Å². The molecule has 0 aromatic rings. The Morgan fingerprint density at radius 2 is 1.90 bits per heavy atom. The van der Waals surface area contributed by atoms with Crippen molar-refractivity contribution in [1.82, 2.24) is 0 Å². The molecule has 0 bridgehead atoms. The predicted octanol–water partition coefficient (Wildman–Crippen LogP) is 3.51. The summed E-state index contributed by atoms with van der Waals surface area (Å²) in [6, 6.07) is 0. The van der Waals surface area contributed by atoms with Gasteiger partial charge in [0, 0.05) is 0 Å². The summed E-state index contributed by atoms with van der Waals surface area (Å²) in [5, 5.41) is 0. The van der Waals surface area contributed by atoms with Gasteiger partial charge in [-0.1, -0.05) is 40.0 Å². The number of rotatable bonds is 6. The first-order chi connectivity index (χ1) is 4.81. The van der Waals surface area contributed by atoms with Gasteiger partial charge in [0.25, 0.3) is 0 Å². The van der Waals surface area contributed by atoms with Gasteiger partial charge < -0.3 is 0 Å². The van der Waals surface area contributed by atoms with Gasteiger partial charge >= 0.3 is 0 Å². The van der Waals surface area contributed by atoms with Crippen molar-refractivity contribution >= 4 is 8.58 Å². The molecule has 0 spiro atoms. The lowest BCUT2D eigenvalue weighted by atomic mass is 10.1. The van der Waals surface area contributed by atoms with E-state index in [1.54, 1.807) is 0 Å². The Morgan fingerprint density at radius 1 is 1.20 bits per heavy atom. The lowest BCUT2D eigenvalue weighted by Crippen LogP contribution is -1.96. The van der Waals surface area contributed by atoms with Crippen molar-refractivity contribution < 1.29 is 0 Å². The highest BCUT2D eigenvalue weighted by Crippen LogP contribution is 2.18. The lowest BCUT2D eigenvalue weighted by molar-refractivity contribution is 0.583. The van der Waals surface area contributed by atoms with Crippen molar-refractivity contribution in [1.29, 1.82) is 0 Å². The average Bonchev–Trinajstić information content (AvgIpc) is 1.89. The van der Waals surface area contributed by atoms with E-state index in [1.807, 2.05) is 0 Å². The molecule has 0 fully saturated rings. The first-order valence-electron chi connectivity index (χ1n) is 4.52. The van der Waals surface area contributed by atoms with Crippen LogP contribution in [-0.4, -0.2) is 12.3 Å². The molecule has 0 rings (SSSR count). The predicted molar refractivity (Wildman–Crippen MR) is 52.4 cm³/mol. The fourth-order valence-electron chi connectivity index (χ4n) is 1.12. The fraction of sp³-hybridized carbons (Fsp3) is 1.00. The van der Waals surface area contributed by atoms with E-state index < -0.39 is 0 Å². The maximum atomic E-state index is 2.38. The van der Waals surface area contributed by atoms with E-state index in [-0.39, 0.29) is 0 Å². The molecule has 0 nitrogen and oxygen atoms in total. The van der Waals surface area contributed by atoms with Crippen LogP contribution in [0.25, 0.3) is 0 Å². The van der Waals surface area contributed by atoms with Crippen molar-refractivity contribution in [2.75, 3.05) is 12.3 Å². The zero-order valence-corrected chi connectivity index (χ0v) is 8.61. The molecule has 0 heterocycles. The summed E-state index contributed by atoms with van der Waals surface area (Å²) in [6.45, 7) is 6.93. The SMILES string of the molecule is CCCPCC(C)CCC. The summed E-state index contributed by atoms with van der Waals surface area (Å²) >= 11 is 0. The van der Waals surface area contributed by atoms with Gasteiger partial charge in [0.2, 0.25) is 0 Å². The first kappa shape index (κ1) is 10.4. The lowest BCUT2D eigenvalue weighted by Gasteiger charge is -2.08. The van der Waals surface area contributed by atoms with Crippen molar-refractivity contribution in [3.8, 4) is 0 Å². The van der Waals surface area contributed by atoms with Gasteiger partial charge in [-0.2, -0.15) is 0 Å². The van der Waals surface area contributed by atoms with Crippen LogP contribution in [0.15, 0.2) is 0 Å². The minimum atomic E-state index is 0.981. The minimum absolute atomic E-state index is 0.981. The van der Waals surface area contributed by atoms with Gasteiger partial charge in [-0.15, -0.1) is 8.58 Å². The summed E-state index contributed by atoms with van der Waals surface area (Å²) in [6.07, 6.45) is 7.08. The quantitative estimate of drug-likeness (QED) is 0.412. The van der Waals surface area contributed by atoms with Crippen LogP contribution >= 0.6 is 8.58 Å². The van der Waals surface area contributed by atoms with Crippen molar-refractivity contribution in [2.24, 2.45) is 5.92 Å². The smallest absolute Gasteiger partial charge is 0.0328 e. The zero-order chi connectivity index (χ0) is 7.82. The van der Waals surface area contributed by atoms with Gasteiger partial charge in [-0.3, -0.25) is 0 Å². The molecule has 0 aromatic heterocycles. The van der Waals surface area contributed by atoms with Crippen LogP contribution in [-0.2, 0) is 0 Å². The Labute approximate surface area is 67.6 Å². The van der Waals surface area contributed by atoms with Crippen LogP contribution in [0.5, 0.6) is 0 Å². The molecule has 0 amide bonds. The summed E-state index contributed by atoms with van der Waals surface area (Å²) < 4.78 is 0. The molecule has 10 heavy (non-hydrogen) atoms. The number of hydrogen-bond acceptors (Lipinski definition) is 0. The molecule has 0 N–H and O–H groups in total. The molecular weight excluding hydrogens is 139 g/mol. The van der Waals surface area contributed by atoms with E-state index in [1.165, 1.54) is 40.2 Å². The number of hydrogen-bond donors (Lipinski definition) is 0. The highest BCUT2D eigenvalue weighted by molar-refractivity contribution is 7.37. The van der Waals surface area contributed by atoms with E-state index in [0.29, 0.717) is 0 Å². The second-order valence-corrected chi connectivity index (χ2v) is 4.51. The molecule has 2 atom stereocenters. The van der Waals surface area contributed by atoms with Crippen molar-refractivity contribution in [2.45, 2.75) is 40.0 Å². The van der Waals surface area contributed by atoms with Crippen molar-refractivity contribution in [3.05, 3.63) is 0 Å². The second-order valence-electron chi connectivity index (χ2n) is 3.10. The van der Waals surface area contributed by atoms with Crippen LogP contribution in [0.3, 0.4) is 0 Å². The Hall–Kier alpha value is 0.430. The second kappa shape index (κ2) is 7.54. The molecule has 2 unspecified atom stereocenters. The van der Waals surface area contributed by atoms with Crippen LogP contribution < -0.4 is 0 Å². The molecule has 0 aliphatic rings. The monoisotopic (exact) mass is 160 g/mol. The molecule has 0 aliphatic carbocycles. The summed E-state index contributed by atoms with van der Waals surface area (Å²) in [7, 11) is 1.22. The van der Waals surface area contributed by atoms with E-state index >= 15 is 0 Å². The molecule has 62 valence electrons. The molecule has 0 saturated heterocycles. The van der Waals surface area contributed by atoms with Gasteiger partial charge in [0.1, 0.15) is 0 Å². The summed E-state index contributed by atoms with van der Waals surface area (Å²) in [4.78, 5) is 0. The maximum Gasteiger partial charge on any atom is -0.0328 e. The standard InChI is InChI=1S/C9H21P/c1-4-6-9(3)8-10-7-5-2/h9-10H,4-8H2,1-3H3. The third-order valence-corrected chi connectivity index (χ3v) is 3.54. The fourth-order valence-corrected chi connectivity index (χ4v) is 2.37. The van der Waals surface area contributed by atoms with Crippen molar-refractivity contribution in [3.63, 3.8) is 0 Å². The molecular formula is C9H21P. The topological polar surface area (TPSA) is 0 Å². The van der Waals surface area contributed by atoms with Crippen LogP contribution in [0.1, 0.15) is 40.0 Å². The third-order valence-electron chi connectivity index (χ3n) is 1.70. The summed E-state index contributed by atoms with van der Waals surface area (Å²) in [5.74, 6) is 0.981. The molecule has 0 aromatic carbocycles. The molecule has 0 aliphatic heterocycles. The van der Waals surface area contributed by atoms with Crippen LogP contribution in [0, 0.1) is 5.92 Å². The highest BCUT2D eigenvalue weighted by atomic mass is 31.1. The normalized spacial score (nSPS) is 14.7. The maximum absolute atomic E-state index is 2.38. The Bertz CT molecular complexity index is 61.7. The summed E-state index contributed by atoms with van der Waals surface area (Å²) in [5.41, 5.74) is 0. The Balaban J connectivity index is 2.97. The van der Waals surface area contributed by atoms with Crippen LogP contribution in [0.2, 0.25) is 0 Å². The Kier molecular flexibility index (Phi) is 7.86. The molecule has 1 heteroatoms. The average molecular weight is 160 g/mol. The van der Waals surface area contributed by atoms with E-state index in [4.69, 9.17) is 0 Å². The minimum Gasteiger partial charge on any atom is -0.122 e. The van der Waals surface area contributed by atoms with Gasteiger partial charge in [0.15, 0.2) is 0 Å². The van der Waals surface area contributed by atoms with Gasteiger partial charge in [-0.05, 0) is 18.2 Å². The van der Waals surface area contributed by atoms with Crippen LogP contribution in [0.4, 0.5) is 0 Å². The van der Waals surface area contributed by atoms with E-state index in [0.717, 1.165) is 5.92 Å². The molecule has 0 radical (unpaired) electrons. The Morgan fingerprint density at radius 3 is 2.40 bits per heavy atom. The zero-order valence-electron chi connectivity index (χ0n) is 7.61. The van der Waals surface area contributed by atoms with E-state index in [2.05, 4.69) is 20.8 Å². The largest absolute Gasteiger partial charge is 0.122 e.